The van der Waals surface area contributed by atoms with Gasteiger partial charge in [-0.1, -0.05) is 12.1 Å². The zero-order chi connectivity index (χ0) is 38.7. The number of primary amides is 1. The summed E-state index contributed by atoms with van der Waals surface area (Å²) in [5.41, 5.74) is 19.6. The summed E-state index contributed by atoms with van der Waals surface area (Å²) < 4.78 is 34.1. The highest BCUT2D eigenvalue weighted by Gasteiger charge is 2.14. The van der Waals surface area contributed by atoms with E-state index in [0.717, 1.165) is 11.8 Å². The molecule has 0 saturated heterocycles. The number of ether oxygens (including phenoxy) is 6. The van der Waals surface area contributed by atoms with Gasteiger partial charge in [0, 0.05) is 36.3 Å². The zero-order valence-electron chi connectivity index (χ0n) is 29.5. The molecule has 4 rings (SSSR count). The molecule has 0 atom stereocenters. The fourth-order valence-corrected chi connectivity index (χ4v) is 4.89. The van der Waals surface area contributed by atoms with Gasteiger partial charge in [0.2, 0.25) is 5.91 Å². The summed E-state index contributed by atoms with van der Waals surface area (Å²) >= 11 is 0. The first-order chi connectivity index (χ1) is 26.1. The molecule has 8 N–H and O–H groups in total. The summed E-state index contributed by atoms with van der Waals surface area (Å²) in [5, 5.41) is 9.94. The SMILES string of the molecule is N=C(N)Nc1ccc(C(=O)Oc2ccc(CCC(N)=O)c(OCCOCCOCCOc3cc(OC(=O)c4ccc(N)cc4)ccc3CCC=O)c2)cc1. The minimum absolute atomic E-state index is 0.108. The second-order valence-corrected chi connectivity index (χ2v) is 11.6. The maximum atomic E-state index is 12.7. The molecule has 4 aromatic carbocycles. The van der Waals surface area contributed by atoms with Gasteiger partial charge in [0.15, 0.2) is 5.96 Å². The topological polar surface area (TPSA) is 238 Å². The summed E-state index contributed by atoms with van der Waals surface area (Å²) in [6.07, 6.45) is 2.03. The van der Waals surface area contributed by atoms with Crippen LogP contribution in [0.1, 0.15) is 44.7 Å². The fraction of sp³-hybridized carbons (Fsp3) is 0.256. The molecule has 0 aliphatic carbocycles. The van der Waals surface area contributed by atoms with Gasteiger partial charge >= 0.3 is 11.9 Å². The van der Waals surface area contributed by atoms with Gasteiger partial charge < -0.3 is 55.7 Å². The quantitative estimate of drug-likeness (QED) is 0.0146. The maximum absolute atomic E-state index is 12.7. The van der Waals surface area contributed by atoms with Crippen molar-refractivity contribution in [1.29, 1.82) is 5.41 Å². The van der Waals surface area contributed by atoms with E-state index in [-0.39, 0.29) is 69.1 Å². The van der Waals surface area contributed by atoms with Crippen molar-refractivity contribution >= 4 is 41.5 Å². The predicted molar refractivity (Wildman–Crippen MR) is 200 cm³/mol. The van der Waals surface area contributed by atoms with E-state index in [1.807, 2.05) is 0 Å². The van der Waals surface area contributed by atoms with Crippen LogP contribution in [0, 0.1) is 5.41 Å². The molecule has 0 fully saturated rings. The van der Waals surface area contributed by atoms with Crippen LogP contribution in [0.4, 0.5) is 11.4 Å². The summed E-state index contributed by atoms with van der Waals surface area (Å²) in [4.78, 5) is 47.7. The van der Waals surface area contributed by atoms with Gasteiger partial charge in [-0.15, -0.1) is 0 Å². The number of nitrogens with two attached hydrogens (primary N) is 3. The average Bonchev–Trinajstić information content (AvgIpc) is 3.15. The Labute approximate surface area is 312 Å². The number of anilines is 2. The van der Waals surface area contributed by atoms with E-state index < -0.39 is 17.8 Å². The van der Waals surface area contributed by atoms with Crippen molar-refractivity contribution in [3.63, 3.8) is 0 Å². The van der Waals surface area contributed by atoms with E-state index in [0.29, 0.717) is 53.3 Å². The number of aldehydes is 1. The van der Waals surface area contributed by atoms with E-state index in [1.165, 1.54) is 0 Å². The maximum Gasteiger partial charge on any atom is 0.343 e. The van der Waals surface area contributed by atoms with Gasteiger partial charge in [0.25, 0.3) is 0 Å². The smallest absolute Gasteiger partial charge is 0.343 e. The molecule has 0 aliphatic heterocycles. The molecule has 0 bridgehead atoms. The van der Waals surface area contributed by atoms with Crippen LogP contribution in [0.5, 0.6) is 23.0 Å². The molecule has 0 saturated carbocycles. The summed E-state index contributed by atoms with van der Waals surface area (Å²) in [5.74, 6) is -0.418. The van der Waals surface area contributed by atoms with Crippen molar-refractivity contribution in [3.8, 4) is 23.0 Å². The van der Waals surface area contributed by atoms with Gasteiger partial charge in [0.05, 0.1) is 37.6 Å². The molecule has 0 aliphatic rings. The van der Waals surface area contributed by atoms with Crippen LogP contribution in [0.3, 0.4) is 0 Å². The molecule has 0 heterocycles. The Morgan fingerprint density at radius 3 is 1.61 bits per heavy atom. The lowest BCUT2D eigenvalue weighted by Crippen LogP contribution is -2.20. The van der Waals surface area contributed by atoms with Gasteiger partial charge in [-0.3, -0.25) is 10.2 Å². The lowest BCUT2D eigenvalue weighted by Gasteiger charge is -2.14. The first kappa shape index (κ1) is 40.3. The first-order valence-corrected chi connectivity index (χ1v) is 17.0. The Morgan fingerprint density at radius 2 is 1.13 bits per heavy atom. The summed E-state index contributed by atoms with van der Waals surface area (Å²) in [6.45, 7) is 1.39. The lowest BCUT2D eigenvalue weighted by molar-refractivity contribution is -0.118. The first-order valence-electron chi connectivity index (χ1n) is 17.0. The van der Waals surface area contributed by atoms with Crippen LogP contribution in [0.15, 0.2) is 84.9 Å². The van der Waals surface area contributed by atoms with Crippen molar-refractivity contribution in [2.75, 3.05) is 50.7 Å². The number of nitrogen functional groups attached to an aromatic ring is 1. The standard InChI is InChI=1S/C39H43N5O10/c40-30-10-3-28(4-11-30)37(47)53-32-14-7-26(2-1-17-45)34(24-32)51-22-20-49-18-19-50-21-23-52-35-25-33(15-8-27(35)9-16-36(41)46)54-38(48)29-5-12-31(13-6-29)44-39(42)43/h3-8,10-15,17,24-25H,1-2,9,16,18-23,40H2,(H2,41,46)(H4,42,43,44). The van der Waals surface area contributed by atoms with E-state index >= 15 is 0 Å². The average molecular weight is 742 g/mol. The van der Waals surface area contributed by atoms with Crippen molar-refractivity contribution in [3.05, 3.63) is 107 Å². The van der Waals surface area contributed by atoms with Crippen LogP contribution in [-0.4, -0.2) is 69.7 Å². The molecule has 0 spiro atoms. The molecule has 15 heteroatoms. The molecular weight excluding hydrogens is 698 g/mol. The van der Waals surface area contributed by atoms with Crippen LogP contribution < -0.4 is 41.5 Å². The summed E-state index contributed by atoms with van der Waals surface area (Å²) in [7, 11) is 0. The van der Waals surface area contributed by atoms with Crippen LogP contribution in [0.2, 0.25) is 0 Å². The fourth-order valence-electron chi connectivity index (χ4n) is 4.89. The number of guanidine groups is 1. The number of hydrogen-bond donors (Lipinski definition) is 5. The number of amides is 1. The van der Waals surface area contributed by atoms with Crippen LogP contribution in [0.25, 0.3) is 0 Å². The third-order valence-corrected chi connectivity index (χ3v) is 7.56. The number of hydrogen-bond acceptors (Lipinski definition) is 12. The summed E-state index contributed by atoms with van der Waals surface area (Å²) in [6, 6.07) is 22.5. The second kappa shape index (κ2) is 21.2. The van der Waals surface area contributed by atoms with Gasteiger partial charge in [-0.25, -0.2) is 9.59 Å². The minimum Gasteiger partial charge on any atom is -0.491 e. The zero-order valence-corrected chi connectivity index (χ0v) is 29.5. The Balaban J connectivity index is 1.20. The lowest BCUT2D eigenvalue weighted by atomic mass is 10.1. The van der Waals surface area contributed by atoms with Gasteiger partial charge in [0.1, 0.15) is 42.5 Å². The minimum atomic E-state index is -0.600. The monoisotopic (exact) mass is 741 g/mol. The Bertz CT molecular complexity index is 1880. The number of benzene rings is 4. The van der Waals surface area contributed by atoms with Crippen molar-refractivity contribution in [1.82, 2.24) is 0 Å². The largest absolute Gasteiger partial charge is 0.491 e. The molecule has 1 amide bonds. The molecule has 15 nitrogen and oxygen atoms in total. The third-order valence-electron chi connectivity index (χ3n) is 7.56. The molecule has 0 unspecified atom stereocenters. The second-order valence-electron chi connectivity index (χ2n) is 11.6. The number of aryl methyl sites for hydroxylation is 2. The Kier molecular flexibility index (Phi) is 15.8. The predicted octanol–water partition coefficient (Wildman–Crippen LogP) is 4.05. The highest BCUT2D eigenvalue weighted by atomic mass is 16.6. The van der Waals surface area contributed by atoms with E-state index in [4.69, 9.17) is 51.0 Å². The highest BCUT2D eigenvalue weighted by molar-refractivity contribution is 5.93. The van der Waals surface area contributed by atoms with E-state index in [9.17, 15) is 19.2 Å². The Morgan fingerprint density at radius 1 is 0.648 bits per heavy atom. The molecule has 54 heavy (non-hydrogen) atoms. The normalized spacial score (nSPS) is 10.6. The molecule has 0 aromatic heterocycles. The number of rotatable bonds is 22. The highest BCUT2D eigenvalue weighted by Crippen LogP contribution is 2.28. The van der Waals surface area contributed by atoms with Crippen LogP contribution in [-0.2, 0) is 31.9 Å². The van der Waals surface area contributed by atoms with Crippen molar-refractivity contribution in [2.45, 2.75) is 25.7 Å². The van der Waals surface area contributed by atoms with E-state index in [1.54, 1.807) is 84.9 Å². The number of carbonyl (C=O) groups excluding carboxylic acids is 4. The van der Waals surface area contributed by atoms with Crippen molar-refractivity contribution in [2.24, 2.45) is 11.5 Å². The third kappa shape index (κ3) is 13.6. The molecule has 0 radical (unpaired) electrons. The number of nitrogens with one attached hydrogen (secondary N) is 2. The molecular formula is C39H43N5O10. The van der Waals surface area contributed by atoms with E-state index in [2.05, 4.69) is 5.32 Å². The van der Waals surface area contributed by atoms with Gasteiger partial charge in [-0.05, 0) is 84.6 Å². The van der Waals surface area contributed by atoms with Crippen molar-refractivity contribution < 1.29 is 47.6 Å². The van der Waals surface area contributed by atoms with Crippen LogP contribution >= 0.6 is 0 Å². The number of carbonyl (C=O) groups is 4. The number of esters is 2. The van der Waals surface area contributed by atoms with Gasteiger partial charge in [-0.2, -0.15) is 0 Å². The Hall–Kier alpha value is -6.45. The molecule has 284 valence electrons. The molecule has 4 aromatic rings.